The van der Waals surface area contributed by atoms with Crippen molar-refractivity contribution in [3.63, 3.8) is 0 Å². The van der Waals surface area contributed by atoms with Crippen LogP contribution in [0.1, 0.15) is 22.3 Å². The highest BCUT2D eigenvalue weighted by Crippen LogP contribution is 2.61. The zero-order chi connectivity index (χ0) is 37.5. The Morgan fingerprint density at radius 3 is 1.63 bits per heavy atom. The van der Waals surface area contributed by atoms with E-state index in [-0.39, 0.29) is 0 Å². The van der Waals surface area contributed by atoms with Gasteiger partial charge in [-0.05, 0) is 120 Å². The first-order valence-electron chi connectivity index (χ1n) is 19.7. The quantitative estimate of drug-likeness (QED) is 0.179. The number of benzene rings is 10. The molecule has 10 aromatic carbocycles. The summed E-state index contributed by atoms with van der Waals surface area (Å²) in [6.07, 6.45) is 0. The molecule has 0 N–H and O–H groups in total. The average molecular weight is 726 g/mol. The van der Waals surface area contributed by atoms with E-state index in [9.17, 15) is 0 Å². The van der Waals surface area contributed by atoms with Crippen LogP contribution in [0.15, 0.2) is 212 Å². The maximum atomic E-state index is 6.73. The second kappa shape index (κ2) is 12.3. The van der Waals surface area contributed by atoms with E-state index < -0.39 is 5.41 Å². The summed E-state index contributed by atoms with van der Waals surface area (Å²) in [5.74, 6) is 1.78. The lowest BCUT2D eigenvalue weighted by Crippen LogP contribution is -2.36. The van der Waals surface area contributed by atoms with Gasteiger partial charge in [0.15, 0.2) is 0 Å². The Balaban J connectivity index is 1.14. The fraction of sp³-hybridized carbons (Fsp3) is 0.0182. The van der Waals surface area contributed by atoms with Crippen LogP contribution < -0.4 is 9.64 Å². The third kappa shape index (κ3) is 4.71. The van der Waals surface area contributed by atoms with Crippen molar-refractivity contribution in [2.45, 2.75) is 5.41 Å². The number of nitrogens with zero attached hydrogens (tertiary/aromatic N) is 1. The normalized spacial score (nSPS) is 13.2. The minimum Gasteiger partial charge on any atom is -0.457 e. The highest BCUT2D eigenvalue weighted by Gasteiger charge is 2.49. The van der Waals surface area contributed by atoms with E-state index in [4.69, 9.17) is 4.74 Å². The van der Waals surface area contributed by atoms with E-state index in [1.54, 1.807) is 0 Å². The van der Waals surface area contributed by atoms with Crippen LogP contribution >= 0.6 is 0 Å². The van der Waals surface area contributed by atoms with Gasteiger partial charge in [-0.1, -0.05) is 158 Å². The van der Waals surface area contributed by atoms with Crippen molar-refractivity contribution in [1.82, 2.24) is 0 Å². The number of fused-ring (bicyclic) bond motifs is 10. The Hall–Kier alpha value is -7.42. The molecule has 1 heterocycles. The number of hydrogen-bond donors (Lipinski definition) is 0. The summed E-state index contributed by atoms with van der Waals surface area (Å²) in [6.45, 7) is 0. The van der Waals surface area contributed by atoms with Crippen LogP contribution in [0, 0.1) is 0 Å². The van der Waals surface area contributed by atoms with Crippen LogP contribution in [-0.4, -0.2) is 0 Å². The van der Waals surface area contributed by atoms with Gasteiger partial charge in [0.25, 0.3) is 0 Å². The van der Waals surface area contributed by atoms with Gasteiger partial charge in [0.1, 0.15) is 11.5 Å². The van der Waals surface area contributed by atoms with Crippen molar-refractivity contribution < 1.29 is 4.74 Å². The van der Waals surface area contributed by atoms with Gasteiger partial charge in [0.05, 0.1) is 5.41 Å². The van der Waals surface area contributed by atoms with Crippen molar-refractivity contribution in [2.75, 3.05) is 4.90 Å². The van der Waals surface area contributed by atoms with Crippen LogP contribution in [0.4, 0.5) is 17.1 Å². The number of anilines is 3. The van der Waals surface area contributed by atoms with Gasteiger partial charge in [-0.2, -0.15) is 0 Å². The zero-order valence-electron chi connectivity index (χ0n) is 31.1. The summed E-state index contributed by atoms with van der Waals surface area (Å²) in [7, 11) is 0. The molecule has 0 atom stereocenters. The number of ether oxygens (including phenoxy) is 1. The molecule has 0 radical (unpaired) electrons. The fourth-order valence-corrected chi connectivity index (χ4v) is 9.76. The van der Waals surface area contributed by atoms with E-state index in [0.29, 0.717) is 0 Å². The van der Waals surface area contributed by atoms with Crippen molar-refractivity contribution in [1.29, 1.82) is 0 Å². The molecule has 2 nitrogen and oxygen atoms in total. The molecule has 0 saturated carbocycles. The molecule has 57 heavy (non-hydrogen) atoms. The molecule has 12 rings (SSSR count). The molecule has 0 saturated heterocycles. The van der Waals surface area contributed by atoms with Crippen LogP contribution in [0.2, 0.25) is 0 Å². The molecule has 0 aromatic heterocycles. The Bertz CT molecular complexity index is 3180. The summed E-state index contributed by atoms with van der Waals surface area (Å²) in [5.41, 5.74) is 12.4. The minimum absolute atomic E-state index is 0.628. The maximum absolute atomic E-state index is 6.73. The highest BCUT2D eigenvalue weighted by atomic mass is 16.5. The third-order valence-corrected chi connectivity index (χ3v) is 12.2. The Labute approximate surface area is 331 Å². The molecule has 2 aliphatic rings. The molecule has 10 aromatic rings. The summed E-state index contributed by atoms with van der Waals surface area (Å²) < 4.78 is 6.73. The predicted octanol–water partition coefficient (Wildman–Crippen LogP) is 14.8. The lowest BCUT2D eigenvalue weighted by molar-refractivity contribution is 0.435. The van der Waals surface area contributed by atoms with Crippen molar-refractivity contribution >= 4 is 49.4 Å². The Morgan fingerprint density at radius 2 is 0.860 bits per heavy atom. The topological polar surface area (TPSA) is 12.5 Å². The molecule has 2 heteroatoms. The van der Waals surface area contributed by atoms with Gasteiger partial charge in [0, 0.05) is 28.2 Å². The second-order valence-corrected chi connectivity index (χ2v) is 15.3. The molecular weight excluding hydrogens is 691 g/mol. The third-order valence-electron chi connectivity index (χ3n) is 12.2. The van der Waals surface area contributed by atoms with Crippen LogP contribution in [0.25, 0.3) is 54.6 Å². The minimum atomic E-state index is -0.628. The average Bonchev–Trinajstić information content (AvgIpc) is 3.28. The fourth-order valence-electron chi connectivity index (χ4n) is 9.76. The molecule has 1 aliphatic carbocycles. The summed E-state index contributed by atoms with van der Waals surface area (Å²) >= 11 is 0. The standard InChI is InChI=1S/C55H35NO/c1-2-12-36(13-3-1)40-24-25-42-34-44(29-27-41(42)32-40)56(43-28-26-37-14-4-5-15-39(37)33-43)45-30-31-46-47-18-10-16-38-17-11-21-50(54(38)47)55(51(46)35-45)48-19-6-8-22-52(48)57-53-23-9-7-20-49(53)55/h1-35H. The van der Waals surface area contributed by atoms with Gasteiger partial charge >= 0.3 is 0 Å². The number of hydrogen-bond acceptors (Lipinski definition) is 2. The van der Waals surface area contributed by atoms with Crippen LogP contribution in [0.5, 0.6) is 11.5 Å². The van der Waals surface area contributed by atoms with Crippen LogP contribution in [0.3, 0.4) is 0 Å². The number of para-hydroxylation sites is 2. The molecule has 1 aliphatic heterocycles. The Kier molecular flexibility index (Phi) is 6.88. The summed E-state index contributed by atoms with van der Waals surface area (Å²) in [4.78, 5) is 2.43. The van der Waals surface area contributed by atoms with E-state index in [0.717, 1.165) is 39.7 Å². The van der Waals surface area contributed by atoms with Crippen LogP contribution in [-0.2, 0) is 5.41 Å². The predicted molar refractivity (Wildman–Crippen MR) is 236 cm³/mol. The van der Waals surface area contributed by atoms with Gasteiger partial charge in [-0.25, -0.2) is 0 Å². The van der Waals surface area contributed by atoms with E-state index in [1.165, 1.54) is 65.7 Å². The first kappa shape index (κ1) is 31.9. The lowest BCUT2D eigenvalue weighted by atomic mass is 9.58. The van der Waals surface area contributed by atoms with E-state index in [1.807, 2.05) is 0 Å². The second-order valence-electron chi connectivity index (χ2n) is 15.3. The first-order chi connectivity index (χ1) is 28.2. The molecule has 0 amide bonds. The largest absolute Gasteiger partial charge is 0.457 e. The highest BCUT2D eigenvalue weighted by molar-refractivity contribution is 6.06. The molecule has 0 unspecified atom stereocenters. The van der Waals surface area contributed by atoms with E-state index >= 15 is 0 Å². The monoisotopic (exact) mass is 725 g/mol. The molecular formula is C55H35NO. The smallest absolute Gasteiger partial charge is 0.132 e. The molecule has 266 valence electrons. The summed E-state index contributed by atoms with van der Waals surface area (Å²) in [6, 6.07) is 77.7. The first-order valence-corrected chi connectivity index (χ1v) is 19.7. The van der Waals surface area contributed by atoms with Crippen molar-refractivity contribution in [2.24, 2.45) is 0 Å². The van der Waals surface area contributed by atoms with Gasteiger partial charge in [-0.15, -0.1) is 0 Å². The molecule has 0 fully saturated rings. The van der Waals surface area contributed by atoms with Gasteiger partial charge < -0.3 is 9.64 Å². The van der Waals surface area contributed by atoms with Crippen molar-refractivity contribution in [3.8, 4) is 33.8 Å². The maximum Gasteiger partial charge on any atom is 0.132 e. The lowest BCUT2D eigenvalue weighted by Gasteiger charge is -2.45. The SMILES string of the molecule is c1ccc(-c2ccc3cc(N(c4ccc5c(c4)C4(c6ccccc6Oc6ccccc64)c4cccc6cccc-5c46)c4ccc5ccccc5c4)ccc3c2)cc1. The molecule has 0 bridgehead atoms. The zero-order valence-corrected chi connectivity index (χ0v) is 31.1. The Morgan fingerprint density at radius 1 is 0.316 bits per heavy atom. The van der Waals surface area contributed by atoms with Gasteiger partial charge in [0.2, 0.25) is 0 Å². The van der Waals surface area contributed by atoms with Crippen molar-refractivity contribution in [3.05, 3.63) is 235 Å². The number of rotatable bonds is 4. The summed E-state index contributed by atoms with van der Waals surface area (Å²) in [5, 5.41) is 7.36. The molecule has 1 spiro atoms. The van der Waals surface area contributed by atoms with E-state index in [2.05, 4.69) is 217 Å². The van der Waals surface area contributed by atoms with Gasteiger partial charge in [-0.3, -0.25) is 0 Å².